The maximum absolute atomic E-state index is 12.1. The molecule has 0 spiro atoms. The van der Waals surface area contributed by atoms with Crippen molar-refractivity contribution in [3.63, 3.8) is 0 Å². The first-order valence-electron chi connectivity index (χ1n) is 6.37. The van der Waals surface area contributed by atoms with Crippen LogP contribution in [0.4, 0.5) is 5.69 Å². The van der Waals surface area contributed by atoms with Crippen LogP contribution in [0, 0.1) is 5.92 Å². The lowest BCUT2D eigenvalue weighted by Crippen LogP contribution is -2.40. The summed E-state index contributed by atoms with van der Waals surface area (Å²) >= 11 is 0. The van der Waals surface area contributed by atoms with E-state index in [4.69, 9.17) is 4.74 Å². The van der Waals surface area contributed by atoms with E-state index in [1.807, 2.05) is 24.3 Å². The molecule has 1 aliphatic heterocycles. The molecule has 1 fully saturated rings. The third-order valence-electron chi connectivity index (χ3n) is 3.33. The zero-order chi connectivity index (χ0) is 13.0. The van der Waals surface area contributed by atoms with Gasteiger partial charge >= 0.3 is 0 Å². The van der Waals surface area contributed by atoms with Crippen LogP contribution in [-0.2, 0) is 4.79 Å². The van der Waals surface area contributed by atoms with Crippen LogP contribution < -0.4 is 15.4 Å². The van der Waals surface area contributed by atoms with Crippen molar-refractivity contribution in [1.29, 1.82) is 0 Å². The van der Waals surface area contributed by atoms with Gasteiger partial charge in [-0.1, -0.05) is 6.07 Å². The van der Waals surface area contributed by atoms with E-state index in [-0.39, 0.29) is 11.8 Å². The van der Waals surface area contributed by atoms with Crippen molar-refractivity contribution in [3.8, 4) is 5.75 Å². The molecule has 1 aromatic rings. The molecule has 1 heterocycles. The van der Waals surface area contributed by atoms with Crippen LogP contribution in [0.15, 0.2) is 24.3 Å². The number of methoxy groups -OCH3 is 1. The number of nitrogens with one attached hydrogen (secondary N) is 2. The molecule has 1 saturated heterocycles. The molecule has 18 heavy (non-hydrogen) atoms. The number of amides is 1. The number of carbonyl (C=O) groups excluding carboxylic acids is 1. The maximum atomic E-state index is 12.1. The van der Waals surface area contributed by atoms with Gasteiger partial charge in [-0.2, -0.15) is 0 Å². The Morgan fingerprint density at radius 3 is 3.06 bits per heavy atom. The molecule has 0 aromatic heterocycles. The third-order valence-corrected chi connectivity index (χ3v) is 3.33. The van der Waals surface area contributed by atoms with Gasteiger partial charge in [-0.15, -0.1) is 0 Å². The minimum Gasteiger partial charge on any atom is -0.497 e. The number of rotatable bonds is 3. The number of benzene rings is 1. The molecular formula is C14H20N2O2. The second-order valence-electron chi connectivity index (χ2n) is 4.80. The predicted molar refractivity (Wildman–Crippen MR) is 71.8 cm³/mol. The summed E-state index contributed by atoms with van der Waals surface area (Å²) in [6, 6.07) is 7.87. The minimum absolute atomic E-state index is 0.104. The van der Waals surface area contributed by atoms with Gasteiger partial charge in [0, 0.05) is 23.7 Å². The molecule has 2 rings (SSSR count). The molecule has 1 aliphatic rings. The number of carbonyl (C=O) groups is 1. The van der Waals surface area contributed by atoms with Crippen LogP contribution in [0.5, 0.6) is 5.75 Å². The van der Waals surface area contributed by atoms with Gasteiger partial charge < -0.3 is 15.4 Å². The van der Waals surface area contributed by atoms with Crippen molar-refractivity contribution in [2.45, 2.75) is 25.8 Å². The molecule has 4 nitrogen and oxygen atoms in total. The van der Waals surface area contributed by atoms with Gasteiger partial charge in [0.25, 0.3) is 0 Å². The fraction of sp³-hybridized carbons (Fsp3) is 0.500. The van der Waals surface area contributed by atoms with Crippen molar-refractivity contribution in [3.05, 3.63) is 24.3 Å². The van der Waals surface area contributed by atoms with Crippen LogP contribution in [0.1, 0.15) is 19.8 Å². The van der Waals surface area contributed by atoms with Crippen molar-refractivity contribution in [1.82, 2.24) is 5.32 Å². The summed E-state index contributed by atoms with van der Waals surface area (Å²) < 4.78 is 5.14. The smallest absolute Gasteiger partial charge is 0.227 e. The largest absolute Gasteiger partial charge is 0.497 e. The number of piperidine rings is 1. The van der Waals surface area contributed by atoms with Gasteiger partial charge in [-0.05, 0) is 38.4 Å². The molecule has 0 aliphatic carbocycles. The van der Waals surface area contributed by atoms with E-state index < -0.39 is 0 Å². The second kappa shape index (κ2) is 5.87. The van der Waals surface area contributed by atoms with E-state index >= 15 is 0 Å². The van der Waals surface area contributed by atoms with E-state index in [9.17, 15) is 4.79 Å². The van der Waals surface area contributed by atoms with Gasteiger partial charge in [0.05, 0.1) is 7.11 Å². The summed E-state index contributed by atoms with van der Waals surface area (Å²) in [6.45, 7) is 3.03. The summed E-state index contributed by atoms with van der Waals surface area (Å²) in [5, 5.41) is 6.31. The zero-order valence-electron chi connectivity index (χ0n) is 10.9. The van der Waals surface area contributed by atoms with E-state index in [2.05, 4.69) is 17.6 Å². The van der Waals surface area contributed by atoms with Crippen LogP contribution in [0.25, 0.3) is 0 Å². The van der Waals surface area contributed by atoms with Crippen molar-refractivity contribution in [2.24, 2.45) is 5.92 Å². The summed E-state index contributed by atoms with van der Waals surface area (Å²) in [4.78, 5) is 12.1. The van der Waals surface area contributed by atoms with Crippen LogP contribution in [0.2, 0.25) is 0 Å². The minimum atomic E-state index is 0.104. The van der Waals surface area contributed by atoms with Gasteiger partial charge in [-0.3, -0.25) is 4.79 Å². The molecule has 1 aromatic carbocycles. The SMILES string of the molecule is COc1cccc(NC(=O)C2CCNC(C)C2)c1. The first kappa shape index (κ1) is 12.9. The number of anilines is 1. The van der Waals surface area contributed by atoms with E-state index in [0.717, 1.165) is 30.8 Å². The summed E-state index contributed by atoms with van der Waals surface area (Å²) in [5.41, 5.74) is 0.797. The molecule has 2 unspecified atom stereocenters. The van der Waals surface area contributed by atoms with Crippen molar-refractivity contribution in [2.75, 3.05) is 19.0 Å². The normalized spacial score (nSPS) is 23.4. The Morgan fingerprint density at radius 2 is 2.33 bits per heavy atom. The lowest BCUT2D eigenvalue weighted by Gasteiger charge is -2.27. The topological polar surface area (TPSA) is 50.4 Å². The highest BCUT2D eigenvalue weighted by Crippen LogP contribution is 2.21. The predicted octanol–water partition coefficient (Wildman–Crippen LogP) is 2.02. The highest BCUT2D eigenvalue weighted by atomic mass is 16.5. The molecule has 2 atom stereocenters. The summed E-state index contributed by atoms with van der Waals surface area (Å²) in [7, 11) is 1.62. The third kappa shape index (κ3) is 3.23. The molecule has 4 heteroatoms. The standard InChI is InChI=1S/C14H20N2O2/c1-10-8-11(6-7-15-10)14(17)16-12-4-3-5-13(9-12)18-2/h3-5,9-11,15H,6-8H2,1-2H3,(H,16,17). The Hall–Kier alpha value is -1.55. The summed E-state index contributed by atoms with van der Waals surface area (Å²) in [6.07, 6.45) is 1.80. The second-order valence-corrected chi connectivity index (χ2v) is 4.80. The highest BCUT2D eigenvalue weighted by molar-refractivity contribution is 5.92. The van der Waals surface area contributed by atoms with E-state index in [1.54, 1.807) is 7.11 Å². The van der Waals surface area contributed by atoms with Gasteiger partial charge in [0.1, 0.15) is 5.75 Å². The molecule has 98 valence electrons. The Morgan fingerprint density at radius 1 is 1.50 bits per heavy atom. The molecule has 0 bridgehead atoms. The Kier molecular flexibility index (Phi) is 4.20. The maximum Gasteiger partial charge on any atom is 0.227 e. The van der Waals surface area contributed by atoms with Crippen LogP contribution in [-0.4, -0.2) is 25.6 Å². The van der Waals surface area contributed by atoms with Crippen molar-refractivity contribution < 1.29 is 9.53 Å². The van der Waals surface area contributed by atoms with Gasteiger partial charge in [0.2, 0.25) is 5.91 Å². The van der Waals surface area contributed by atoms with E-state index in [1.165, 1.54) is 0 Å². The lowest BCUT2D eigenvalue weighted by atomic mass is 9.92. The molecular weight excluding hydrogens is 228 g/mol. The Balaban J connectivity index is 1.97. The average Bonchev–Trinajstić information content (AvgIpc) is 2.39. The number of hydrogen-bond donors (Lipinski definition) is 2. The average molecular weight is 248 g/mol. The summed E-state index contributed by atoms with van der Waals surface area (Å²) in [5.74, 6) is 0.968. The van der Waals surface area contributed by atoms with Crippen molar-refractivity contribution >= 4 is 11.6 Å². The van der Waals surface area contributed by atoms with Gasteiger partial charge in [0.15, 0.2) is 0 Å². The molecule has 0 saturated carbocycles. The quantitative estimate of drug-likeness (QED) is 0.860. The van der Waals surface area contributed by atoms with E-state index in [0.29, 0.717) is 6.04 Å². The lowest BCUT2D eigenvalue weighted by molar-refractivity contribution is -0.120. The fourth-order valence-electron chi connectivity index (χ4n) is 2.32. The number of ether oxygens (including phenoxy) is 1. The fourth-order valence-corrected chi connectivity index (χ4v) is 2.32. The van der Waals surface area contributed by atoms with Crippen LogP contribution in [0.3, 0.4) is 0 Å². The highest BCUT2D eigenvalue weighted by Gasteiger charge is 2.24. The Bertz CT molecular complexity index is 420. The molecule has 1 amide bonds. The molecule has 2 N–H and O–H groups in total. The van der Waals surface area contributed by atoms with Crippen LogP contribution >= 0.6 is 0 Å². The first-order valence-corrected chi connectivity index (χ1v) is 6.37. The number of hydrogen-bond acceptors (Lipinski definition) is 3. The first-order chi connectivity index (χ1) is 8.69. The van der Waals surface area contributed by atoms with Gasteiger partial charge in [-0.25, -0.2) is 0 Å². The monoisotopic (exact) mass is 248 g/mol. The molecule has 0 radical (unpaired) electrons. The zero-order valence-corrected chi connectivity index (χ0v) is 10.9. The Labute approximate surface area is 108 Å².